The Hall–Kier alpha value is -2.38. The number of aliphatic imine (C=N–C) groups is 1. The highest BCUT2D eigenvalue weighted by atomic mass is 16.5. The van der Waals surface area contributed by atoms with Crippen LogP contribution in [0.15, 0.2) is 20.1 Å². The van der Waals surface area contributed by atoms with E-state index in [1.807, 2.05) is 6.07 Å². The molecule has 0 spiro atoms. The number of guanidine groups is 1. The maximum Gasteiger partial charge on any atom is 0.246 e. The zero-order valence-electron chi connectivity index (χ0n) is 14.1. The Balaban J connectivity index is 1.83. The molecule has 8 heteroatoms. The molecule has 0 bridgehead atoms. The molecule has 0 saturated carbocycles. The lowest BCUT2D eigenvalue weighted by Gasteiger charge is -2.08. The van der Waals surface area contributed by atoms with E-state index in [1.165, 1.54) is 0 Å². The van der Waals surface area contributed by atoms with Crippen molar-refractivity contribution in [1.82, 2.24) is 25.9 Å². The molecular formula is C15H24N6O2. The van der Waals surface area contributed by atoms with E-state index in [1.54, 1.807) is 14.0 Å². The quantitative estimate of drug-likeness (QED) is 0.595. The van der Waals surface area contributed by atoms with E-state index in [4.69, 9.17) is 9.05 Å². The fraction of sp³-hybridized carbons (Fsp3) is 0.600. The Kier molecular flexibility index (Phi) is 6.13. The molecule has 8 nitrogen and oxygen atoms in total. The normalized spacial score (nSPS) is 12.0. The van der Waals surface area contributed by atoms with Gasteiger partial charge in [0, 0.05) is 19.0 Å². The van der Waals surface area contributed by atoms with E-state index >= 15 is 0 Å². The van der Waals surface area contributed by atoms with Crippen molar-refractivity contribution in [2.24, 2.45) is 4.99 Å². The minimum Gasteiger partial charge on any atom is -0.359 e. The molecule has 2 N–H and O–H groups in total. The van der Waals surface area contributed by atoms with Crippen LogP contribution in [0, 0.1) is 6.92 Å². The van der Waals surface area contributed by atoms with E-state index in [-0.39, 0.29) is 0 Å². The van der Waals surface area contributed by atoms with Crippen molar-refractivity contribution in [3.05, 3.63) is 29.2 Å². The number of aromatic nitrogens is 3. The number of aryl methyl sites for hydroxylation is 1. The molecule has 0 aliphatic heterocycles. The standard InChI is InChI=1S/C15H24N6O2/c1-5-11(6-2)13-7-12(22-21-13)8-17-15(16-4)18-9-14-19-10(3)20-23-14/h7,11H,5-6,8-9H2,1-4H3,(H2,16,17,18). The van der Waals surface area contributed by atoms with Crippen molar-refractivity contribution < 1.29 is 9.05 Å². The Morgan fingerprint density at radius 1 is 1.17 bits per heavy atom. The molecule has 2 aromatic heterocycles. The summed E-state index contributed by atoms with van der Waals surface area (Å²) < 4.78 is 10.4. The third-order valence-corrected chi connectivity index (χ3v) is 3.61. The van der Waals surface area contributed by atoms with Gasteiger partial charge in [0.2, 0.25) is 5.89 Å². The number of hydrogen-bond donors (Lipinski definition) is 2. The smallest absolute Gasteiger partial charge is 0.246 e. The largest absolute Gasteiger partial charge is 0.359 e. The fourth-order valence-corrected chi connectivity index (χ4v) is 2.27. The highest BCUT2D eigenvalue weighted by Gasteiger charge is 2.13. The van der Waals surface area contributed by atoms with Crippen LogP contribution in [0.5, 0.6) is 0 Å². The predicted molar refractivity (Wildman–Crippen MR) is 85.9 cm³/mol. The van der Waals surface area contributed by atoms with Crippen molar-refractivity contribution in [3.8, 4) is 0 Å². The Bertz CT molecular complexity index is 629. The van der Waals surface area contributed by atoms with Crippen molar-refractivity contribution >= 4 is 5.96 Å². The summed E-state index contributed by atoms with van der Waals surface area (Å²) in [6.07, 6.45) is 2.12. The minimum absolute atomic E-state index is 0.413. The molecule has 0 amide bonds. The summed E-state index contributed by atoms with van der Waals surface area (Å²) in [5.41, 5.74) is 1.01. The summed E-state index contributed by atoms with van der Waals surface area (Å²) in [7, 11) is 1.70. The van der Waals surface area contributed by atoms with Crippen LogP contribution in [0.25, 0.3) is 0 Å². The van der Waals surface area contributed by atoms with Crippen molar-refractivity contribution in [2.45, 2.75) is 52.6 Å². The molecule has 0 fully saturated rings. The Morgan fingerprint density at radius 2 is 1.91 bits per heavy atom. The lowest BCUT2D eigenvalue weighted by molar-refractivity contribution is 0.366. The van der Waals surface area contributed by atoms with Gasteiger partial charge >= 0.3 is 0 Å². The van der Waals surface area contributed by atoms with E-state index < -0.39 is 0 Å². The van der Waals surface area contributed by atoms with Gasteiger partial charge in [-0.25, -0.2) is 0 Å². The van der Waals surface area contributed by atoms with Crippen LogP contribution in [0.2, 0.25) is 0 Å². The van der Waals surface area contributed by atoms with E-state index in [2.05, 4.69) is 44.8 Å². The first-order valence-corrected chi connectivity index (χ1v) is 7.85. The zero-order chi connectivity index (χ0) is 16.7. The maximum atomic E-state index is 5.37. The molecule has 0 aromatic carbocycles. The van der Waals surface area contributed by atoms with Gasteiger partial charge in [0.1, 0.15) is 0 Å². The summed E-state index contributed by atoms with van der Waals surface area (Å²) in [6, 6.07) is 2.00. The molecule has 0 radical (unpaired) electrons. The van der Waals surface area contributed by atoms with Crippen molar-refractivity contribution in [3.63, 3.8) is 0 Å². The van der Waals surface area contributed by atoms with Gasteiger partial charge < -0.3 is 19.7 Å². The number of nitrogens with one attached hydrogen (secondary N) is 2. The number of nitrogens with zero attached hydrogens (tertiary/aromatic N) is 4. The summed E-state index contributed by atoms with van der Waals surface area (Å²) in [5, 5.41) is 14.2. The predicted octanol–water partition coefficient (Wildman–Crippen LogP) is 2.13. The molecule has 0 aliphatic carbocycles. The first kappa shape index (κ1) is 17.0. The van der Waals surface area contributed by atoms with Crippen molar-refractivity contribution in [1.29, 1.82) is 0 Å². The summed E-state index contributed by atoms with van der Waals surface area (Å²) >= 11 is 0. The summed E-state index contributed by atoms with van der Waals surface area (Å²) in [5.74, 6) is 2.98. The molecule has 0 saturated heterocycles. The second-order valence-corrected chi connectivity index (χ2v) is 5.25. The van der Waals surface area contributed by atoms with Gasteiger partial charge in [0.05, 0.1) is 18.8 Å². The van der Waals surface area contributed by atoms with Gasteiger partial charge in [-0.05, 0) is 19.8 Å². The van der Waals surface area contributed by atoms with Gasteiger partial charge in [-0.15, -0.1) is 0 Å². The van der Waals surface area contributed by atoms with Gasteiger partial charge in [0.25, 0.3) is 0 Å². The first-order valence-electron chi connectivity index (χ1n) is 7.85. The Morgan fingerprint density at radius 3 is 2.52 bits per heavy atom. The molecule has 0 aliphatic rings. The molecule has 126 valence electrons. The summed E-state index contributed by atoms with van der Waals surface area (Å²) in [6.45, 7) is 7.02. The second kappa shape index (κ2) is 8.30. The van der Waals surface area contributed by atoms with E-state index in [0.717, 1.165) is 24.3 Å². The van der Waals surface area contributed by atoms with Crippen LogP contribution in [-0.2, 0) is 13.1 Å². The molecule has 2 heterocycles. The zero-order valence-corrected chi connectivity index (χ0v) is 14.1. The first-order chi connectivity index (χ1) is 11.2. The molecule has 2 aromatic rings. The average molecular weight is 320 g/mol. The minimum atomic E-state index is 0.413. The van der Waals surface area contributed by atoms with Crippen LogP contribution >= 0.6 is 0 Å². The summed E-state index contributed by atoms with van der Waals surface area (Å²) in [4.78, 5) is 8.27. The Labute approximate surface area is 135 Å². The van der Waals surface area contributed by atoms with Crippen LogP contribution in [0.4, 0.5) is 0 Å². The SMILES string of the molecule is CCC(CC)c1cc(CNC(=NC)NCc2nc(C)no2)on1. The highest BCUT2D eigenvalue weighted by molar-refractivity contribution is 5.79. The molecular weight excluding hydrogens is 296 g/mol. The third kappa shape index (κ3) is 4.80. The van der Waals surface area contributed by atoms with Gasteiger partial charge in [-0.2, -0.15) is 4.98 Å². The van der Waals surface area contributed by atoms with Crippen LogP contribution in [-0.4, -0.2) is 28.3 Å². The van der Waals surface area contributed by atoms with Gasteiger partial charge in [-0.1, -0.05) is 24.2 Å². The number of hydrogen-bond acceptors (Lipinski definition) is 6. The van der Waals surface area contributed by atoms with Crippen LogP contribution in [0.1, 0.15) is 55.8 Å². The third-order valence-electron chi connectivity index (χ3n) is 3.61. The molecule has 2 rings (SSSR count). The fourth-order valence-electron chi connectivity index (χ4n) is 2.27. The van der Waals surface area contributed by atoms with Crippen LogP contribution < -0.4 is 10.6 Å². The van der Waals surface area contributed by atoms with Gasteiger partial charge in [0.15, 0.2) is 17.5 Å². The van der Waals surface area contributed by atoms with Gasteiger partial charge in [-0.3, -0.25) is 4.99 Å². The second-order valence-electron chi connectivity index (χ2n) is 5.25. The van der Waals surface area contributed by atoms with Crippen LogP contribution in [0.3, 0.4) is 0 Å². The monoisotopic (exact) mass is 320 g/mol. The average Bonchev–Trinajstić information content (AvgIpc) is 3.18. The molecule has 0 unspecified atom stereocenters. The van der Waals surface area contributed by atoms with E-state index in [9.17, 15) is 0 Å². The van der Waals surface area contributed by atoms with Crippen molar-refractivity contribution in [2.75, 3.05) is 7.05 Å². The highest BCUT2D eigenvalue weighted by Crippen LogP contribution is 2.22. The lowest BCUT2D eigenvalue weighted by Crippen LogP contribution is -2.36. The number of rotatable bonds is 7. The molecule has 23 heavy (non-hydrogen) atoms. The lowest BCUT2D eigenvalue weighted by atomic mass is 9.99. The molecule has 0 atom stereocenters. The van der Waals surface area contributed by atoms with E-state index in [0.29, 0.717) is 36.7 Å². The maximum absolute atomic E-state index is 5.37. The topological polar surface area (TPSA) is 101 Å².